The molecule has 1 aliphatic carbocycles. The van der Waals surface area contributed by atoms with Crippen molar-refractivity contribution in [2.24, 2.45) is 11.7 Å². The van der Waals surface area contributed by atoms with Gasteiger partial charge in [0, 0.05) is 24.2 Å². The molecule has 0 aromatic heterocycles. The second-order valence-corrected chi connectivity index (χ2v) is 5.14. The van der Waals surface area contributed by atoms with Crippen molar-refractivity contribution in [1.29, 1.82) is 0 Å². The predicted molar refractivity (Wildman–Crippen MR) is 75.1 cm³/mol. The number of benzene rings is 1. The highest BCUT2D eigenvalue weighted by Gasteiger charge is 2.33. The number of carbonyl (C=O) groups excluding carboxylic acids is 1. The third-order valence-electron chi connectivity index (χ3n) is 3.98. The Morgan fingerprint density at radius 2 is 2.06 bits per heavy atom. The summed E-state index contributed by atoms with van der Waals surface area (Å²) < 4.78 is 0. The number of anilines is 1. The van der Waals surface area contributed by atoms with Gasteiger partial charge in [-0.2, -0.15) is 0 Å². The zero-order valence-corrected chi connectivity index (χ0v) is 11.2. The van der Waals surface area contributed by atoms with E-state index in [0.29, 0.717) is 0 Å². The Bertz CT molecular complexity index is 449. The quantitative estimate of drug-likeness (QED) is 0.846. The molecule has 1 aliphatic heterocycles. The van der Waals surface area contributed by atoms with Crippen molar-refractivity contribution in [3.63, 3.8) is 0 Å². The van der Waals surface area contributed by atoms with E-state index in [-0.39, 0.29) is 30.3 Å². The van der Waals surface area contributed by atoms with Crippen molar-refractivity contribution in [3.05, 3.63) is 29.8 Å². The summed E-state index contributed by atoms with van der Waals surface area (Å²) in [5.74, 6) is 0.430. The van der Waals surface area contributed by atoms with Gasteiger partial charge in [-0.05, 0) is 37.3 Å². The molecule has 2 unspecified atom stereocenters. The standard InChI is InChI=1S/C14H18N2O.ClH/c15-12-6-5-11(9-12)14(17)16-8-7-10-3-1-2-4-13(10)16;/h1-4,11-12H,5-9,15H2;1H. The van der Waals surface area contributed by atoms with Gasteiger partial charge in [0.05, 0.1) is 0 Å². The van der Waals surface area contributed by atoms with Gasteiger partial charge < -0.3 is 10.6 Å². The Kier molecular flexibility index (Phi) is 3.93. The maximum Gasteiger partial charge on any atom is 0.230 e. The van der Waals surface area contributed by atoms with Gasteiger partial charge in [0.15, 0.2) is 0 Å². The van der Waals surface area contributed by atoms with E-state index in [1.54, 1.807) is 0 Å². The monoisotopic (exact) mass is 266 g/mol. The van der Waals surface area contributed by atoms with E-state index in [4.69, 9.17) is 5.73 Å². The number of hydrogen-bond donors (Lipinski definition) is 1. The SMILES string of the molecule is Cl.NC1CCC(C(=O)N2CCc3ccccc32)C1. The van der Waals surface area contributed by atoms with Gasteiger partial charge >= 0.3 is 0 Å². The molecular formula is C14H19ClN2O. The van der Waals surface area contributed by atoms with Crippen molar-refractivity contribution in [2.45, 2.75) is 31.7 Å². The van der Waals surface area contributed by atoms with Crippen LogP contribution in [0.25, 0.3) is 0 Å². The van der Waals surface area contributed by atoms with Crippen molar-refractivity contribution >= 4 is 24.0 Å². The number of rotatable bonds is 1. The van der Waals surface area contributed by atoms with Crippen LogP contribution in [0, 0.1) is 5.92 Å². The number of amides is 1. The molecule has 3 rings (SSSR count). The molecule has 1 aromatic carbocycles. The molecule has 2 aliphatic rings. The summed E-state index contributed by atoms with van der Waals surface area (Å²) in [6.45, 7) is 0.837. The average molecular weight is 267 g/mol. The van der Waals surface area contributed by atoms with Crippen LogP contribution in [-0.4, -0.2) is 18.5 Å². The molecule has 2 N–H and O–H groups in total. The number of nitrogens with zero attached hydrogens (tertiary/aromatic N) is 1. The first-order valence-corrected chi connectivity index (χ1v) is 6.40. The third kappa shape index (κ3) is 2.25. The molecule has 0 radical (unpaired) electrons. The smallest absolute Gasteiger partial charge is 0.230 e. The van der Waals surface area contributed by atoms with Crippen LogP contribution in [0.2, 0.25) is 0 Å². The van der Waals surface area contributed by atoms with Crippen LogP contribution in [0.4, 0.5) is 5.69 Å². The van der Waals surface area contributed by atoms with Crippen molar-refractivity contribution in [3.8, 4) is 0 Å². The van der Waals surface area contributed by atoms with Crippen molar-refractivity contribution < 1.29 is 4.79 Å². The minimum atomic E-state index is 0. The molecule has 1 aromatic rings. The molecule has 4 heteroatoms. The number of para-hydroxylation sites is 1. The zero-order valence-electron chi connectivity index (χ0n) is 10.3. The summed E-state index contributed by atoms with van der Waals surface area (Å²) in [5, 5.41) is 0. The highest BCUT2D eigenvalue weighted by molar-refractivity contribution is 5.97. The largest absolute Gasteiger partial charge is 0.328 e. The van der Waals surface area contributed by atoms with Gasteiger partial charge in [-0.3, -0.25) is 4.79 Å². The van der Waals surface area contributed by atoms with E-state index in [0.717, 1.165) is 37.9 Å². The minimum absolute atomic E-state index is 0. The number of carbonyl (C=O) groups is 1. The molecule has 1 saturated carbocycles. The maximum absolute atomic E-state index is 12.4. The number of nitrogens with two attached hydrogens (primary N) is 1. The Balaban J connectivity index is 0.00000120. The van der Waals surface area contributed by atoms with Crippen LogP contribution < -0.4 is 10.6 Å². The summed E-state index contributed by atoms with van der Waals surface area (Å²) in [4.78, 5) is 14.4. The third-order valence-corrected chi connectivity index (χ3v) is 3.98. The number of hydrogen-bond acceptors (Lipinski definition) is 2. The lowest BCUT2D eigenvalue weighted by atomic mass is 10.1. The molecule has 98 valence electrons. The van der Waals surface area contributed by atoms with Gasteiger partial charge in [-0.1, -0.05) is 18.2 Å². The topological polar surface area (TPSA) is 46.3 Å². The molecule has 1 fully saturated rings. The van der Waals surface area contributed by atoms with Crippen LogP contribution in [0.1, 0.15) is 24.8 Å². The summed E-state index contributed by atoms with van der Waals surface area (Å²) in [6.07, 6.45) is 3.79. The lowest BCUT2D eigenvalue weighted by molar-refractivity contribution is -0.122. The predicted octanol–water partition coefficient (Wildman–Crippen LogP) is 2.12. The van der Waals surface area contributed by atoms with E-state index in [1.807, 2.05) is 17.0 Å². The van der Waals surface area contributed by atoms with Gasteiger partial charge in [-0.15, -0.1) is 12.4 Å². The molecule has 0 spiro atoms. The average Bonchev–Trinajstić information content (AvgIpc) is 2.94. The summed E-state index contributed by atoms with van der Waals surface area (Å²) >= 11 is 0. The van der Waals surface area contributed by atoms with Crippen LogP contribution in [-0.2, 0) is 11.2 Å². The summed E-state index contributed by atoms with van der Waals surface area (Å²) in [7, 11) is 0. The van der Waals surface area contributed by atoms with E-state index in [2.05, 4.69) is 12.1 Å². The summed E-state index contributed by atoms with van der Waals surface area (Å²) in [5.41, 5.74) is 8.29. The highest BCUT2D eigenvalue weighted by atomic mass is 35.5. The zero-order chi connectivity index (χ0) is 11.8. The fraction of sp³-hybridized carbons (Fsp3) is 0.500. The lowest BCUT2D eigenvalue weighted by Crippen LogP contribution is -2.34. The van der Waals surface area contributed by atoms with Gasteiger partial charge in [0.1, 0.15) is 0 Å². The van der Waals surface area contributed by atoms with E-state index < -0.39 is 0 Å². The Morgan fingerprint density at radius 1 is 1.28 bits per heavy atom. The maximum atomic E-state index is 12.4. The van der Waals surface area contributed by atoms with Crippen LogP contribution in [0.3, 0.4) is 0 Å². The van der Waals surface area contributed by atoms with Gasteiger partial charge in [-0.25, -0.2) is 0 Å². The first-order chi connectivity index (χ1) is 8.25. The summed E-state index contributed by atoms with van der Waals surface area (Å²) in [6, 6.07) is 8.43. The molecule has 1 amide bonds. The van der Waals surface area contributed by atoms with Crippen LogP contribution in [0.5, 0.6) is 0 Å². The fourth-order valence-corrected chi connectivity index (χ4v) is 3.03. The van der Waals surface area contributed by atoms with Crippen LogP contribution in [0.15, 0.2) is 24.3 Å². The fourth-order valence-electron chi connectivity index (χ4n) is 3.03. The first kappa shape index (κ1) is 13.4. The van der Waals surface area contributed by atoms with E-state index in [1.165, 1.54) is 5.56 Å². The lowest BCUT2D eigenvalue weighted by Gasteiger charge is -2.21. The molecule has 1 heterocycles. The molecule has 0 saturated heterocycles. The second kappa shape index (κ2) is 5.29. The number of halogens is 1. The van der Waals surface area contributed by atoms with Gasteiger partial charge in [0.2, 0.25) is 5.91 Å². The molecule has 3 nitrogen and oxygen atoms in total. The Hall–Kier alpha value is -1.06. The van der Waals surface area contributed by atoms with E-state index in [9.17, 15) is 4.79 Å². The minimum Gasteiger partial charge on any atom is -0.328 e. The second-order valence-electron chi connectivity index (χ2n) is 5.14. The van der Waals surface area contributed by atoms with Crippen LogP contribution >= 0.6 is 12.4 Å². The van der Waals surface area contributed by atoms with Gasteiger partial charge in [0.25, 0.3) is 0 Å². The molecule has 0 bridgehead atoms. The first-order valence-electron chi connectivity index (χ1n) is 6.40. The number of fused-ring (bicyclic) bond motifs is 1. The van der Waals surface area contributed by atoms with Crippen molar-refractivity contribution in [1.82, 2.24) is 0 Å². The Morgan fingerprint density at radius 3 is 2.78 bits per heavy atom. The normalized spacial score (nSPS) is 25.7. The molecular weight excluding hydrogens is 248 g/mol. The highest BCUT2D eigenvalue weighted by Crippen LogP contribution is 2.32. The molecule has 18 heavy (non-hydrogen) atoms. The van der Waals surface area contributed by atoms with Crippen molar-refractivity contribution in [2.75, 3.05) is 11.4 Å². The van der Waals surface area contributed by atoms with E-state index >= 15 is 0 Å². The Labute approximate surface area is 114 Å². The molecule has 2 atom stereocenters.